The molecule has 0 aromatic carbocycles. The lowest BCUT2D eigenvalue weighted by atomic mass is 9.98. The van der Waals surface area contributed by atoms with E-state index in [2.05, 4.69) is 22.2 Å². The van der Waals surface area contributed by atoms with Gasteiger partial charge in [0.15, 0.2) is 0 Å². The van der Waals surface area contributed by atoms with Gasteiger partial charge in [0.1, 0.15) is 0 Å². The third kappa shape index (κ3) is 3.20. The van der Waals surface area contributed by atoms with Crippen LogP contribution in [0.5, 0.6) is 0 Å². The number of nitrogens with two attached hydrogens (primary N) is 1. The summed E-state index contributed by atoms with van der Waals surface area (Å²) in [7, 11) is 2.12. The van der Waals surface area contributed by atoms with Crippen LogP contribution in [-0.2, 0) is 0 Å². The fourth-order valence-corrected chi connectivity index (χ4v) is 2.39. The second-order valence-corrected chi connectivity index (χ2v) is 4.94. The maximum absolute atomic E-state index is 12.0. The molecule has 1 amide bonds. The van der Waals surface area contributed by atoms with Crippen molar-refractivity contribution in [2.45, 2.75) is 12.8 Å². The monoisotopic (exact) mass is 248 g/mol. The van der Waals surface area contributed by atoms with Gasteiger partial charge in [0.2, 0.25) is 0 Å². The number of anilines is 1. The Labute approximate surface area is 107 Å². The molecule has 0 radical (unpaired) electrons. The minimum atomic E-state index is -0.108. The van der Waals surface area contributed by atoms with Crippen LogP contribution >= 0.6 is 0 Å². The molecule has 0 spiro atoms. The van der Waals surface area contributed by atoms with E-state index in [-0.39, 0.29) is 5.91 Å². The molecule has 98 valence electrons. The maximum Gasteiger partial charge on any atom is 0.253 e. The average Bonchev–Trinajstić information content (AvgIpc) is 2.37. The Morgan fingerprint density at radius 1 is 1.67 bits per heavy atom. The van der Waals surface area contributed by atoms with E-state index in [4.69, 9.17) is 5.73 Å². The van der Waals surface area contributed by atoms with Gasteiger partial charge in [0, 0.05) is 19.3 Å². The molecular weight excluding hydrogens is 228 g/mol. The Kier molecular flexibility index (Phi) is 4.15. The summed E-state index contributed by atoms with van der Waals surface area (Å²) in [6.07, 6.45) is 5.47. The number of hydrogen-bond donors (Lipinski definition) is 2. The lowest BCUT2D eigenvalue weighted by molar-refractivity contribution is 0.0937. The quantitative estimate of drug-likeness (QED) is 0.827. The molecule has 1 aromatic rings. The highest BCUT2D eigenvalue weighted by Gasteiger charge is 2.18. The zero-order chi connectivity index (χ0) is 13.0. The molecule has 2 heterocycles. The van der Waals surface area contributed by atoms with Gasteiger partial charge < -0.3 is 16.0 Å². The highest BCUT2D eigenvalue weighted by atomic mass is 16.1. The summed E-state index contributed by atoms with van der Waals surface area (Å²) in [5.41, 5.74) is 6.66. The van der Waals surface area contributed by atoms with Crippen molar-refractivity contribution in [1.82, 2.24) is 15.2 Å². The van der Waals surface area contributed by atoms with Crippen molar-refractivity contribution < 1.29 is 4.79 Å². The van der Waals surface area contributed by atoms with Crippen LogP contribution in [0.4, 0.5) is 5.69 Å². The van der Waals surface area contributed by atoms with Crippen LogP contribution in [0, 0.1) is 5.92 Å². The number of piperidine rings is 1. The van der Waals surface area contributed by atoms with Crippen molar-refractivity contribution in [3.05, 3.63) is 24.0 Å². The Hall–Kier alpha value is -1.62. The molecule has 18 heavy (non-hydrogen) atoms. The lowest BCUT2D eigenvalue weighted by Gasteiger charge is -2.29. The van der Waals surface area contributed by atoms with E-state index < -0.39 is 0 Å². The predicted molar refractivity (Wildman–Crippen MR) is 71.2 cm³/mol. The Morgan fingerprint density at radius 2 is 2.50 bits per heavy atom. The van der Waals surface area contributed by atoms with Crippen LogP contribution in [0.25, 0.3) is 0 Å². The minimum Gasteiger partial charge on any atom is -0.397 e. The fourth-order valence-electron chi connectivity index (χ4n) is 2.39. The zero-order valence-corrected chi connectivity index (χ0v) is 10.7. The predicted octanol–water partition coefficient (Wildman–Crippen LogP) is 0.735. The van der Waals surface area contributed by atoms with E-state index in [0.717, 1.165) is 13.1 Å². The molecule has 0 saturated carbocycles. The van der Waals surface area contributed by atoms with Crippen molar-refractivity contribution in [1.29, 1.82) is 0 Å². The number of nitrogen functional groups attached to an aromatic ring is 1. The number of nitrogens with one attached hydrogen (secondary N) is 1. The molecule has 1 aromatic heterocycles. The number of rotatable bonds is 3. The molecular formula is C13H20N4O. The number of nitrogens with zero attached hydrogens (tertiary/aromatic N) is 2. The minimum absolute atomic E-state index is 0.108. The summed E-state index contributed by atoms with van der Waals surface area (Å²) in [6, 6.07) is 1.65. The standard InChI is InChI=1S/C13H20N4O/c1-17-6-2-3-10(9-17)7-16-13(18)11-4-5-15-8-12(11)14/h4-5,8,10H,2-3,6-7,9,14H2,1H3,(H,16,18). The number of likely N-dealkylation sites (tertiary alicyclic amines) is 1. The molecule has 1 atom stereocenters. The fraction of sp³-hybridized carbons (Fsp3) is 0.538. The number of aromatic nitrogens is 1. The SMILES string of the molecule is CN1CCCC(CNC(=O)c2ccncc2N)C1. The Balaban J connectivity index is 1.87. The van der Waals surface area contributed by atoms with Crippen LogP contribution in [0.2, 0.25) is 0 Å². The van der Waals surface area contributed by atoms with Crippen LogP contribution in [0.3, 0.4) is 0 Å². The number of pyridine rings is 1. The van der Waals surface area contributed by atoms with E-state index in [9.17, 15) is 4.79 Å². The van der Waals surface area contributed by atoms with Crippen molar-refractivity contribution in [2.75, 3.05) is 32.4 Å². The third-order valence-electron chi connectivity index (χ3n) is 3.37. The van der Waals surface area contributed by atoms with Gasteiger partial charge in [-0.1, -0.05) is 0 Å². The highest BCUT2D eigenvalue weighted by Crippen LogP contribution is 2.14. The number of carbonyl (C=O) groups excluding carboxylic acids is 1. The second-order valence-electron chi connectivity index (χ2n) is 4.94. The first-order valence-corrected chi connectivity index (χ1v) is 6.33. The molecule has 1 saturated heterocycles. The molecule has 1 fully saturated rings. The van der Waals surface area contributed by atoms with Gasteiger partial charge in [-0.25, -0.2) is 0 Å². The number of amides is 1. The van der Waals surface area contributed by atoms with Gasteiger partial charge in [0.05, 0.1) is 17.4 Å². The maximum atomic E-state index is 12.0. The lowest BCUT2D eigenvalue weighted by Crippen LogP contribution is -2.39. The largest absolute Gasteiger partial charge is 0.397 e. The van der Waals surface area contributed by atoms with E-state index in [0.29, 0.717) is 23.7 Å². The first-order chi connectivity index (χ1) is 8.66. The Bertz CT molecular complexity index is 421. The average molecular weight is 248 g/mol. The van der Waals surface area contributed by atoms with Gasteiger partial charge in [0.25, 0.3) is 5.91 Å². The van der Waals surface area contributed by atoms with E-state index >= 15 is 0 Å². The molecule has 0 bridgehead atoms. The van der Waals surface area contributed by atoms with Crippen LogP contribution < -0.4 is 11.1 Å². The summed E-state index contributed by atoms with van der Waals surface area (Å²) >= 11 is 0. The van der Waals surface area contributed by atoms with Crippen LogP contribution in [0.15, 0.2) is 18.5 Å². The first-order valence-electron chi connectivity index (χ1n) is 6.33. The molecule has 1 aliphatic heterocycles. The van der Waals surface area contributed by atoms with Gasteiger partial charge in [-0.05, 0) is 38.4 Å². The van der Waals surface area contributed by atoms with Crippen molar-refractivity contribution >= 4 is 11.6 Å². The summed E-state index contributed by atoms with van der Waals surface area (Å²) in [4.78, 5) is 18.1. The highest BCUT2D eigenvalue weighted by molar-refractivity contribution is 5.98. The molecule has 1 aliphatic rings. The molecule has 1 unspecified atom stereocenters. The molecule has 3 N–H and O–H groups in total. The molecule has 5 nitrogen and oxygen atoms in total. The van der Waals surface area contributed by atoms with Gasteiger partial charge in [-0.2, -0.15) is 0 Å². The summed E-state index contributed by atoms with van der Waals surface area (Å²) < 4.78 is 0. The van der Waals surface area contributed by atoms with Gasteiger partial charge in [-0.3, -0.25) is 9.78 Å². The number of carbonyl (C=O) groups is 1. The molecule has 5 heteroatoms. The second kappa shape index (κ2) is 5.82. The molecule has 0 aliphatic carbocycles. The van der Waals surface area contributed by atoms with Crippen molar-refractivity contribution in [2.24, 2.45) is 5.92 Å². The third-order valence-corrected chi connectivity index (χ3v) is 3.37. The van der Waals surface area contributed by atoms with Gasteiger partial charge in [-0.15, -0.1) is 0 Å². The van der Waals surface area contributed by atoms with Gasteiger partial charge >= 0.3 is 0 Å². The van der Waals surface area contributed by atoms with Crippen molar-refractivity contribution in [3.63, 3.8) is 0 Å². The summed E-state index contributed by atoms with van der Waals surface area (Å²) in [6.45, 7) is 2.92. The van der Waals surface area contributed by atoms with E-state index in [1.807, 2.05) is 0 Å². The normalized spacial score (nSPS) is 20.6. The van der Waals surface area contributed by atoms with Crippen molar-refractivity contribution in [3.8, 4) is 0 Å². The van der Waals surface area contributed by atoms with E-state index in [1.54, 1.807) is 12.3 Å². The zero-order valence-electron chi connectivity index (χ0n) is 10.7. The summed E-state index contributed by atoms with van der Waals surface area (Å²) in [5, 5.41) is 2.96. The van der Waals surface area contributed by atoms with E-state index in [1.165, 1.54) is 19.0 Å². The summed E-state index contributed by atoms with van der Waals surface area (Å²) in [5.74, 6) is 0.430. The van der Waals surface area contributed by atoms with Crippen LogP contribution in [-0.4, -0.2) is 42.5 Å². The number of hydrogen-bond acceptors (Lipinski definition) is 4. The molecule has 2 rings (SSSR count). The Morgan fingerprint density at radius 3 is 3.22 bits per heavy atom. The first kappa shape index (κ1) is 12.8. The topological polar surface area (TPSA) is 71.2 Å². The van der Waals surface area contributed by atoms with Crippen LogP contribution in [0.1, 0.15) is 23.2 Å². The smallest absolute Gasteiger partial charge is 0.253 e.